The Morgan fingerprint density at radius 3 is 2.80 bits per heavy atom. The molecule has 0 amide bonds. The molecular formula is C6H8ClN3. The molecule has 0 aliphatic heterocycles. The van der Waals surface area contributed by atoms with Gasteiger partial charge in [-0.1, -0.05) is 11.6 Å². The SMILES string of the molecule is NCc1cc(N)ncc1Cl. The van der Waals surface area contributed by atoms with Crippen molar-refractivity contribution in [3.63, 3.8) is 0 Å². The van der Waals surface area contributed by atoms with Gasteiger partial charge >= 0.3 is 0 Å². The van der Waals surface area contributed by atoms with Crippen LogP contribution in [0.25, 0.3) is 0 Å². The summed E-state index contributed by atoms with van der Waals surface area (Å²) in [7, 11) is 0. The van der Waals surface area contributed by atoms with Crippen LogP contribution in [0.3, 0.4) is 0 Å². The maximum Gasteiger partial charge on any atom is 0.123 e. The molecule has 1 heterocycles. The zero-order chi connectivity index (χ0) is 7.56. The first-order valence-corrected chi connectivity index (χ1v) is 3.22. The number of nitrogens with two attached hydrogens (primary N) is 2. The van der Waals surface area contributed by atoms with Gasteiger partial charge in [-0.25, -0.2) is 4.98 Å². The molecule has 1 aromatic rings. The topological polar surface area (TPSA) is 64.9 Å². The average molecular weight is 158 g/mol. The van der Waals surface area contributed by atoms with Crippen molar-refractivity contribution in [1.82, 2.24) is 4.98 Å². The van der Waals surface area contributed by atoms with Crippen molar-refractivity contribution >= 4 is 17.4 Å². The predicted molar refractivity (Wildman–Crippen MR) is 41.6 cm³/mol. The largest absolute Gasteiger partial charge is 0.384 e. The third-order valence-corrected chi connectivity index (χ3v) is 1.52. The van der Waals surface area contributed by atoms with Gasteiger partial charge in [0.1, 0.15) is 5.82 Å². The van der Waals surface area contributed by atoms with Crippen LogP contribution in [0.2, 0.25) is 5.02 Å². The standard InChI is InChI=1S/C6H8ClN3/c7-5-3-10-6(9)1-4(5)2-8/h1,3H,2,8H2,(H2,9,10). The minimum absolute atomic E-state index is 0.394. The molecule has 0 unspecified atom stereocenters. The Labute approximate surface area is 64.0 Å². The van der Waals surface area contributed by atoms with Crippen LogP contribution in [-0.4, -0.2) is 4.98 Å². The van der Waals surface area contributed by atoms with E-state index < -0.39 is 0 Å². The van der Waals surface area contributed by atoms with E-state index in [1.54, 1.807) is 6.07 Å². The van der Waals surface area contributed by atoms with Gasteiger partial charge in [-0.15, -0.1) is 0 Å². The molecule has 0 atom stereocenters. The Hall–Kier alpha value is -0.800. The van der Waals surface area contributed by atoms with Gasteiger partial charge in [-0.2, -0.15) is 0 Å². The number of halogens is 1. The first-order valence-electron chi connectivity index (χ1n) is 2.84. The lowest BCUT2D eigenvalue weighted by Crippen LogP contribution is -1.99. The Balaban J connectivity index is 3.09. The summed E-state index contributed by atoms with van der Waals surface area (Å²) >= 11 is 5.70. The number of hydrogen-bond donors (Lipinski definition) is 2. The summed E-state index contributed by atoms with van der Waals surface area (Å²) in [5.74, 6) is 0.449. The van der Waals surface area contributed by atoms with E-state index in [1.165, 1.54) is 6.20 Å². The van der Waals surface area contributed by atoms with Gasteiger partial charge in [0.2, 0.25) is 0 Å². The van der Waals surface area contributed by atoms with Crippen molar-refractivity contribution in [2.24, 2.45) is 5.73 Å². The molecule has 3 nitrogen and oxygen atoms in total. The lowest BCUT2D eigenvalue weighted by molar-refractivity contribution is 1.06. The highest BCUT2D eigenvalue weighted by Gasteiger charge is 1.97. The normalized spacial score (nSPS) is 9.80. The van der Waals surface area contributed by atoms with Crippen LogP contribution in [0.1, 0.15) is 5.56 Å². The zero-order valence-electron chi connectivity index (χ0n) is 5.34. The zero-order valence-corrected chi connectivity index (χ0v) is 6.10. The van der Waals surface area contributed by atoms with Gasteiger partial charge in [0.25, 0.3) is 0 Å². The fraction of sp³-hybridized carbons (Fsp3) is 0.167. The highest BCUT2D eigenvalue weighted by Crippen LogP contribution is 2.14. The smallest absolute Gasteiger partial charge is 0.123 e. The van der Waals surface area contributed by atoms with E-state index in [4.69, 9.17) is 23.1 Å². The molecule has 0 fully saturated rings. The second-order valence-corrected chi connectivity index (χ2v) is 2.31. The minimum atomic E-state index is 0.394. The molecule has 0 aromatic carbocycles. The van der Waals surface area contributed by atoms with Crippen LogP contribution in [-0.2, 0) is 6.54 Å². The van der Waals surface area contributed by atoms with E-state index >= 15 is 0 Å². The van der Waals surface area contributed by atoms with Crippen molar-refractivity contribution in [3.05, 3.63) is 22.8 Å². The summed E-state index contributed by atoms with van der Waals surface area (Å²) in [6.07, 6.45) is 1.50. The molecule has 0 saturated heterocycles. The van der Waals surface area contributed by atoms with Gasteiger partial charge < -0.3 is 11.5 Å². The number of aromatic nitrogens is 1. The Morgan fingerprint density at radius 1 is 1.60 bits per heavy atom. The molecule has 4 N–H and O–H groups in total. The summed E-state index contributed by atoms with van der Waals surface area (Å²) in [4.78, 5) is 3.78. The average Bonchev–Trinajstić information content (AvgIpc) is 1.94. The van der Waals surface area contributed by atoms with Gasteiger partial charge in [0, 0.05) is 12.7 Å². The molecule has 54 valence electrons. The van der Waals surface area contributed by atoms with Crippen LogP contribution in [0.15, 0.2) is 12.3 Å². The number of anilines is 1. The van der Waals surface area contributed by atoms with Crippen LogP contribution < -0.4 is 11.5 Å². The lowest BCUT2D eigenvalue weighted by atomic mass is 10.2. The van der Waals surface area contributed by atoms with Crippen molar-refractivity contribution in [2.45, 2.75) is 6.54 Å². The second kappa shape index (κ2) is 2.86. The van der Waals surface area contributed by atoms with Crippen molar-refractivity contribution in [2.75, 3.05) is 5.73 Å². The Bertz CT molecular complexity index is 236. The van der Waals surface area contributed by atoms with Crippen LogP contribution in [0, 0.1) is 0 Å². The Morgan fingerprint density at radius 2 is 2.30 bits per heavy atom. The molecule has 0 aliphatic carbocycles. The lowest BCUT2D eigenvalue weighted by Gasteiger charge is -1.99. The molecule has 0 radical (unpaired) electrons. The van der Waals surface area contributed by atoms with Crippen molar-refractivity contribution < 1.29 is 0 Å². The number of nitrogen functional groups attached to an aromatic ring is 1. The fourth-order valence-electron chi connectivity index (χ4n) is 0.655. The van der Waals surface area contributed by atoms with E-state index in [1.807, 2.05) is 0 Å². The third-order valence-electron chi connectivity index (χ3n) is 1.18. The highest BCUT2D eigenvalue weighted by molar-refractivity contribution is 6.31. The predicted octanol–water partition coefficient (Wildman–Crippen LogP) is 0.776. The third kappa shape index (κ3) is 1.37. The van der Waals surface area contributed by atoms with E-state index in [9.17, 15) is 0 Å². The van der Waals surface area contributed by atoms with E-state index in [-0.39, 0.29) is 0 Å². The first kappa shape index (κ1) is 7.31. The van der Waals surface area contributed by atoms with Gasteiger partial charge in [-0.3, -0.25) is 0 Å². The molecule has 1 aromatic heterocycles. The van der Waals surface area contributed by atoms with Crippen molar-refractivity contribution in [1.29, 1.82) is 0 Å². The highest BCUT2D eigenvalue weighted by atomic mass is 35.5. The quantitative estimate of drug-likeness (QED) is 0.633. The first-order chi connectivity index (χ1) is 4.74. The maximum absolute atomic E-state index is 5.70. The number of nitrogens with zero attached hydrogens (tertiary/aromatic N) is 1. The summed E-state index contributed by atoms with van der Waals surface area (Å²) in [6, 6.07) is 1.67. The number of rotatable bonds is 1. The second-order valence-electron chi connectivity index (χ2n) is 1.90. The van der Waals surface area contributed by atoms with Crippen LogP contribution in [0.4, 0.5) is 5.82 Å². The van der Waals surface area contributed by atoms with Crippen LogP contribution >= 0.6 is 11.6 Å². The minimum Gasteiger partial charge on any atom is -0.384 e. The van der Waals surface area contributed by atoms with Gasteiger partial charge in [0.15, 0.2) is 0 Å². The summed E-state index contributed by atoms with van der Waals surface area (Å²) in [6.45, 7) is 0.394. The monoisotopic (exact) mass is 157 g/mol. The molecule has 0 spiro atoms. The van der Waals surface area contributed by atoms with Crippen molar-refractivity contribution in [3.8, 4) is 0 Å². The summed E-state index contributed by atoms with van der Waals surface area (Å²) in [5, 5.41) is 0.566. The molecule has 0 aliphatic rings. The number of hydrogen-bond acceptors (Lipinski definition) is 3. The summed E-state index contributed by atoms with van der Waals surface area (Å²) in [5.41, 5.74) is 11.6. The molecular weight excluding hydrogens is 150 g/mol. The van der Waals surface area contributed by atoms with E-state index in [2.05, 4.69) is 4.98 Å². The van der Waals surface area contributed by atoms with E-state index in [0.717, 1.165) is 5.56 Å². The molecule has 0 saturated carbocycles. The number of pyridine rings is 1. The molecule has 0 bridgehead atoms. The molecule has 10 heavy (non-hydrogen) atoms. The molecule has 1 rings (SSSR count). The Kier molecular flexibility index (Phi) is 2.09. The van der Waals surface area contributed by atoms with Crippen LogP contribution in [0.5, 0.6) is 0 Å². The fourth-order valence-corrected chi connectivity index (χ4v) is 0.836. The van der Waals surface area contributed by atoms with Gasteiger partial charge in [0.05, 0.1) is 5.02 Å². The molecule has 4 heteroatoms. The van der Waals surface area contributed by atoms with E-state index in [0.29, 0.717) is 17.4 Å². The van der Waals surface area contributed by atoms with Gasteiger partial charge in [-0.05, 0) is 11.6 Å². The summed E-state index contributed by atoms with van der Waals surface area (Å²) < 4.78 is 0. The maximum atomic E-state index is 5.70.